The first-order chi connectivity index (χ1) is 8.81. The summed E-state index contributed by atoms with van der Waals surface area (Å²) in [5.41, 5.74) is 12.6. The fourth-order valence-corrected chi connectivity index (χ4v) is 2.89. The van der Waals surface area contributed by atoms with Gasteiger partial charge in [0.2, 0.25) is 0 Å². The first kappa shape index (κ1) is 16.1. The summed E-state index contributed by atoms with van der Waals surface area (Å²) in [5.74, 6) is 0.939. The highest BCUT2D eigenvalue weighted by Gasteiger charge is 2.22. The molecule has 4 N–H and O–H groups in total. The van der Waals surface area contributed by atoms with Crippen LogP contribution < -0.4 is 11.5 Å². The highest BCUT2D eigenvalue weighted by atomic mass is 32.2. The van der Waals surface area contributed by atoms with Crippen LogP contribution in [0.4, 0.5) is 0 Å². The van der Waals surface area contributed by atoms with Crippen molar-refractivity contribution in [1.29, 1.82) is 0 Å². The standard InChI is InChI=1S/C14H24N2O2S/c1-10(11(2)13(8-15)9-16)12-4-6-14(7-5-12)19(3,17)18/h4-7,10-11,13H,8-9,15-16H2,1-3H3. The molecular formula is C14H24N2O2S. The third-order valence-electron chi connectivity index (χ3n) is 3.97. The number of sulfone groups is 1. The number of nitrogens with two attached hydrogens (primary N) is 2. The van der Waals surface area contributed by atoms with Gasteiger partial charge in [-0.2, -0.15) is 0 Å². The van der Waals surface area contributed by atoms with E-state index >= 15 is 0 Å². The third kappa shape index (κ3) is 4.03. The molecule has 0 aromatic heterocycles. The molecule has 0 saturated heterocycles. The second-order valence-electron chi connectivity index (χ2n) is 5.22. The summed E-state index contributed by atoms with van der Waals surface area (Å²) >= 11 is 0. The molecule has 2 unspecified atom stereocenters. The molecule has 0 saturated carbocycles. The molecule has 1 rings (SSSR count). The average Bonchev–Trinajstić information content (AvgIpc) is 2.38. The van der Waals surface area contributed by atoms with E-state index in [1.165, 1.54) is 6.26 Å². The third-order valence-corrected chi connectivity index (χ3v) is 5.10. The van der Waals surface area contributed by atoms with Gasteiger partial charge in [0.05, 0.1) is 4.90 Å². The van der Waals surface area contributed by atoms with E-state index in [2.05, 4.69) is 13.8 Å². The SMILES string of the molecule is CC(c1ccc(S(C)(=O)=O)cc1)C(C)C(CN)CN. The molecule has 4 nitrogen and oxygen atoms in total. The van der Waals surface area contributed by atoms with E-state index in [9.17, 15) is 8.42 Å². The maximum Gasteiger partial charge on any atom is 0.175 e. The molecule has 0 radical (unpaired) electrons. The first-order valence-electron chi connectivity index (χ1n) is 6.51. The Bertz CT molecular complexity index is 493. The van der Waals surface area contributed by atoms with Crippen LogP contribution in [-0.4, -0.2) is 27.8 Å². The van der Waals surface area contributed by atoms with E-state index in [1.807, 2.05) is 12.1 Å². The first-order valence-corrected chi connectivity index (χ1v) is 8.40. The zero-order valence-electron chi connectivity index (χ0n) is 11.8. The quantitative estimate of drug-likeness (QED) is 0.826. The Kier molecular flexibility index (Phi) is 5.52. The summed E-state index contributed by atoms with van der Waals surface area (Å²) in [6, 6.07) is 7.07. The minimum absolute atomic E-state index is 0.282. The Hall–Kier alpha value is -0.910. The molecule has 0 bridgehead atoms. The van der Waals surface area contributed by atoms with Gasteiger partial charge in [-0.1, -0.05) is 26.0 Å². The van der Waals surface area contributed by atoms with E-state index in [0.29, 0.717) is 29.8 Å². The Morgan fingerprint density at radius 2 is 1.53 bits per heavy atom. The van der Waals surface area contributed by atoms with Crippen LogP contribution in [-0.2, 0) is 9.84 Å². The molecule has 1 aromatic rings. The minimum Gasteiger partial charge on any atom is -0.330 e. The summed E-state index contributed by atoms with van der Waals surface area (Å²) in [6.07, 6.45) is 1.22. The highest BCUT2D eigenvalue weighted by Crippen LogP contribution is 2.29. The van der Waals surface area contributed by atoms with Gasteiger partial charge in [-0.3, -0.25) is 0 Å². The lowest BCUT2D eigenvalue weighted by molar-refractivity contribution is 0.328. The van der Waals surface area contributed by atoms with Crippen molar-refractivity contribution in [3.63, 3.8) is 0 Å². The molecule has 19 heavy (non-hydrogen) atoms. The van der Waals surface area contributed by atoms with Crippen LogP contribution in [0.2, 0.25) is 0 Å². The fourth-order valence-electron chi connectivity index (χ4n) is 2.26. The summed E-state index contributed by atoms with van der Waals surface area (Å²) in [4.78, 5) is 0.352. The predicted molar refractivity (Wildman–Crippen MR) is 78.7 cm³/mol. The molecular weight excluding hydrogens is 260 g/mol. The maximum atomic E-state index is 11.4. The van der Waals surface area contributed by atoms with Crippen molar-refractivity contribution in [2.45, 2.75) is 24.7 Å². The van der Waals surface area contributed by atoms with Crippen molar-refractivity contribution < 1.29 is 8.42 Å². The van der Waals surface area contributed by atoms with Gasteiger partial charge in [-0.25, -0.2) is 8.42 Å². The predicted octanol–water partition coefficient (Wildman–Crippen LogP) is 1.36. The van der Waals surface area contributed by atoms with Gasteiger partial charge in [0.1, 0.15) is 0 Å². The molecule has 0 aliphatic rings. The monoisotopic (exact) mass is 284 g/mol. The van der Waals surface area contributed by atoms with Gasteiger partial charge in [-0.15, -0.1) is 0 Å². The normalized spacial score (nSPS) is 15.5. The molecule has 1 aromatic carbocycles. The van der Waals surface area contributed by atoms with Gasteiger partial charge in [0.15, 0.2) is 9.84 Å². The van der Waals surface area contributed by atoms with Crippen LogP contribution in [0.3, 0.4) is 0 Å². The van der Waals surface area contributed by atoms with Gasteiger partial charge < -0.3 is 11.5 Å². The lowest BCUT2D eigenvalue weighted by Gasteiger charge is -2.27. The summed E-state index contributed by atoms with van der Waals surface area (Å²) in [5, 5.41) is 0. The second kappa shape index (κ2) is 6.50. The van der Waals surface area contributed by atoms with Crippen LogP contribution in [0, 0.1) is 11.8 Å². The van der Waals surface area contributed by atoms with Crippen LogP contribution >= 0.6 is 0 Å². The van der Waals surface area contributed by atoms with Gasteiger partial charge in [-0.05, 0) is 48.5 Å². The minimum atomic E-state index is -3.13. The van der Waals surface area contributed by atoms with Crippen molar-refractivity contribution in [2.75, 3.05) is 19.3 Å². The molecule has 0 fully saturated rings. The number of hydrogen-bond donors (Lipinski definition) is 2. The van der Waals surface area contributed by atoms with Crippen molar-refractivity contribution in [2.24, 2.45) is 23.3 Å². The molecule has 5 heteroatoms. The Morgan fingerprint density at radius 3 is 1.89 bits per heavy atom. The zero-order valence-corrected chi connectivity index (χ0v) is 12.7. The number of hydrogen-bond acceptors (Lipinski definition) is 4. The molecule has 0 amide bonds. The number of rotatable bonds is 6. The summed E-state index contributed by atoms with van der Waals surface area (Å²) < 4.78 is 22.8. The van der Waals surface area contributed by atoms with Gasteiger partial charge in [0, 0.05) is 6.26 Å². The van der Waals surface area contributed by atoms with E-state index in [4.69, 9.17) is 11.5 Å². The molecule has 0 spiro atoms. The Balaban J connectivity index is 2.92. The van der Waals surface area contributed by atoms with Gasteiger partial charge in [0.25, 0.3) is 0 Å². The van der Waals surface area contributed by atoms with E-state index in [-0.39, 0.29) is 5.92 Å². The molecule has 0 aliphatic heterocycles. The lowest BCUT2D eigenvalue weighted by Crippen LogP contribution is -2.31. The Morgan fingerprint density at radius 1 is 1.05 bits per heavy atom. The van der Waals surface area contributed by atoms with E-state index in [1.54, 1.807) is 12.1 Å². The van der Waals surface area contributed by atoms with Crippen LogP contribution in [0.25, 0.3) is 0 Å². The van der Waals surface area contributed by atoms with Crippen LogP contribution in [0.15, 0.2) is 29.2 Å². The van der Waals surface area contributed by atoms with Gasteiger partial charge >= 0.3 is 0 Å². The maximum absolute atomic E-state index is 11.4. The van der Waals surface area contributed by atoms with E-state index in [0.717, 1.165) is 5.56 Å². The summed E-state index contributed by atoms with van der Waals surface area (Å²) in [6.45, 7) is 5.41. The average molecular weight is 284 g/mol. The largest absolute Gasteiger partial charge is 0.330 e. The molecule has 0 aliphatic carbocycles. The van der Waals surface area contributed by atoms with Crippen LogP contribution in [0.5, 0.6) is 0 Å². The van der Waals surface area contributed by atoms with Crippen LogP contribution in [0.1, 0.15) is 25.3 Å². The lowest BCUT2D eigenvalue weighted by atomic mass is 9.80. The smallest absolute Gasteiger partial charge is 0.175 e. The van der Waals surface area contributed by atoms with Crippen molar-refractivity contribution in [3.8, 4) is 0 Å². The van der Waals surface area contributed by atoms with Crippen molar-refractivity contribution in [1.82, 2.24) is 0 Å². The van der Waals surface area contributed by atoms with E-state index < -0.39 is 9.84 Å². The Labute approximate surface area is 116 Å². The molecule has 108 valence electrons. The summed E-state index contributed by atoms with van der Waals surface area (Å²) in [7, 11) is -3.13. The second-order valence-corrected chi connectivity index (χ2v) is 7.24. The van der Waals surface area contributed by atoms with Crippen molar-refractivity contribution >= 4 is 9.84 Å². The fraction of sp³-hybridized carbons (Fsp3) is 0.571. The topological polar surface area (TPSA) is 86.2 Å². The molecule has 2 atom stereocenters. The zero-order chi connectivity index (χ0) is 14.6. The van der Waals surface area contributed by atoms with Crippen molar-refractivity contribution in [3.05, 3.63) is 29.8 Å². The molecule has 0 heterocycles. The number of benzene rings is 1. The highest BCUT2D eigenvalue weighted by molar-refractivity contribution is 7.90.